The van der Waals surface area contributed by atoms with Gasteiger partial charge in [0.2, 0.25) is 0 Å². The number of aryl methyl sites for hydroxylation is 3. The number of carbonyl (C=O) groups excluding carboxylic acids is 4. The Morgan fingerprint density at radius 2 is 0.611 bits per heavy atom. The summed E-state index contributed by atoms with van der Waals surface area (Å²) >= 11 is 10.5. The van der Waals surface area contributed by atoms with Crippen LogP contribution in [0, 0.1) is 101 Å². The quantitative estimate of drug-likeness (QED) is 0.0417. The first-order valence-corrected chi connectivity index (χ1v) is 45.7. The standard InChI is InChI=1S/C25H27F2NO4S.2C25H29NO4S.C24H26ClNO4S/c1-14-5-10-18(21(27)20(14)26)23(30)28(15-6-8-16(29)9-7-15)19-13-17(11-12-25(2,3)4)33-22(19)24(31)32;1-16-5-7-17(8-6-16)23(28)26(18-9-11-19(27)12-10-18)21-15-20(13-14-25(2,3)4)31-22(21)24(29)30;1-16-7-5-6-8-20(16)23(28)26(17-9-11-18(27)12-10-17)21-15-19(13-14-25(2,3)4)31-22(21)24(29)30;1-24(2,3)13-12-17-14-20(21(31-17)23(29)30)26(15-8-10-16(27)11-9-15)22(28)18-6-4-5-7-19(18)25/h5,10,13,15-16,29H,6-9H2,1-4H3,(H,31,32);5-8,15,18-19,27H,9-12H2,1-4H3,(H,29,30);5-8,15,17-18,27H,9-12H2,1-4H3,(H,29,30);4-7,14-16,27H,8-11H2,1-3H3,(H,29,30). The van der Waals surface area contributed by atoms with E-state index in [-0.39, 0.29) is 100 Å². The number of benzene rings is 4. The SMILES string of the molecule is CC(C)(C)C#Cc1cc(N(C(=O)c2ccccc2Cl)C2CCC(O)CC2)c(C(=O)O)s1.Cc1ccc(C(=O)N(c2cc(C#CC(C)(C)C)sc2C(=O)O)C2CCC(O)CC2)c(F)c1F.Cc1ccc(C(=O)N(c2cc(C#CC(C)(C)C)sc2C(=O)O)C2CCC(O)CC2)cc1.Cc1ccccc1C(=O)N(c1cc(C#CC(C)(C)C)sc1C(=O)O)C1CCC(O)CC1. The van der Waals surface area contributed by atoms with Crippen LogP contribution in [0.5, 0.6) is 0 Å². The first-order chi connectivity index (χ1) is 59.1. The van der Waals surface area contributed by atoms with E-state index in [1.54, 1.807) is 75.4 Å². The fourth-order valence-corrected chi connectivity index (χ4v) is 18.3. The van der Waals surface area contributed by atoms with Crippen molar-refractivity contribution < 1.29 is 88.0 Å². The lowest BCUT2D eigenvalue weighted by molar-refractivity contribution is 0.0690. The van der Waals surface area contributed by atoms with Crippen LogP contribution in [-0.4, -0.2) is 137 Å². The molecule has 0 radical (unpaired) electrons. The number of hydrogen-bond acceptors (Lipinski definition) is 16. The van der Waals surface area contributed by atoms with Crippen molar-refractivity contribution in [3.8, 4) is 47.4 Å². The molecule has 126 heavy (non-hydrogen) atoms. The molecule has 0 spiro atoms. The Kier molecular flexibility index (Phi) is 33.9. The summed E-state index contributed by atoms with van der Waals surface area (Å²) in [6, 6.07) is 29.6. The second-order valence-electron chi connectivity index (χ2n) is 36.3. The third kappa shape index (κ3) is 27.1. The highest BCUT2D eigenvalue weighted by molar-refractivity contribution is 7.16. The maximum absolute atomic E-state index is 14.7. The Labute approximate surface area is 757 Å². The average Bonchev–Trinajstić information content (AvgIpc) is 1.58. The Hall–Kier alpha value is -10.3. The predicted molar refractivity (Wildman–Crippen MR) is 496 cm³/mol. The first kappa shape index (κ1) is 99.4. The van der Waals surface area contributed by atoms with Gasteiger partial charge in [-0.2, -0.15) is 0 Å². The van der Waals surface area contributed by atoms with Crippen molar-refractivity contribution >= 4 is 127 Å². The monoisotopic (exact) mass is 1810 g/mol. The molecule has 4 aromatic heterocycles. The molecule has 0 atom stereocenters. The number of aromatic carboxylic acids is 4. The second-order valence-corrected chi connectivity index (χ2v) is 40.9. The third-order valence-corrected chi connectivity index (χ3v) is 25.6. The van der Waals surface area contributed by atoms with Crippen LogP contribution in [0.15, 0.2) is 109 Å². The third-order valence-electron chi connectivity index (χ3n) is 21.2. The topological polar surface area (TPSA) is 311 Å². The molecule has 0 aliphatic heterocycles. The summed E-state index contributed by atoms with van der Waals surface area (Å²) in [7, 11) is 0. The van der Waals surface area contributed by atoms with Crippen LogP contribution in [0.4, 0.5) is 31.5 Å². The molecule has 4 aromatic carbocycles. The number of thiophene rings is 4. The number of aliphatic hydroxyl groups is 4. The molecule has 12 rings (SSSR count). The predicted octanol–water partition coefficient (Wildman–Crippen LogP) is 21.0. The van der Waals surface area contributed by atoms with Crippen molar-refractivity contribution in [2.45, 2.75) is 255 Å². The van der Waals surface area contributed by atoms with Crippen molar-refractivity contribution in [1.29, 1.82) is 0 Å². The number of hydrogen-bond donors (Lipinski definition) is 8. The van der Waals surface area contributed by atoms with E-state index in [4.69, 9.17) is 11.6 Å². The number of carboxylic acids is 4. The molecule has 0 saturated heterocycles. The van der Waals surface area contributed by atoms with E-state index in [1.165, 1.54) is 30.0 Å². The van der Waals surface area contributed by atoms with Gasteiger partial charge in [0.05, 0.1) is 82.8 Å². The minimum atomic E-state index is -1.26. The van der Waals surface area contributed by atoms with Gasteiger partial charge < -0.3 is 60.5 Å². The maximum Gasteiger partial charge on any atom is 0.348 e. The number of amides is 4. The second kappa shape index (κ2) is 43.0. The Morgan fingerprint density at radius 3 is 0.897 bits per heavy atom. The molecule has 4 aliphatic carbocycles. The summed E-state index contributed by atoms with van der Waals surface area (Å²) in [4.78, 5) is 111. The van der Waals surface area contributed by atoms with Gasteiger partial charge in [-0.05, 0) is 278 Å². The smallest absolute Gasteiger partial charge is 0.348 e. The van der Waals surface area contributed by atoms with E-state index < -0.39 is 65.2 Å². The Morgan fingerprint density at radius 1 is 0.341 bits per heavy atom. The summed E-state index contributed by atoms with van der Waals surface area (Å²) in [6.45, 7) is 28.9. The minimum absolute atomic E-state index is 0.0675. The molecule has 0 bridgehead atoms. The van der Waals surface area contributed by atoms with Gasteiger partial charge >= 0.3 is 23.9 Å². The normalized spacial score (nSPS) is 18.7. The molecule has 8 N–H and O–H groups in total. The van der Waals surface area contributed by atoms with E-state index in [1.807, 2.05) is 127 Å². The van der Waals surface area contributed by atoms with Crippen LogP contribution < -0.4 is 19.6 Å². The van der Waals surface area contributed by atoms with Crippen LogP contribution in [0.3, 0.4) is 0 Å². The summed E-state index contributed by atoms with van der Waals surface area (Å²) < 4.78 is 29.0. The number of carbonyl (C=O) groups is 8. The molecule has 27 heteroatoms. The van der Waals surface area contributed by atoms with Crippen molar-refractivity contribution in [2.24, 2.45) is 21.7 Å². The highest BCUT2D eigenvalue weighted by Gasteiger charge is 2.40. The molecule has 4 heterocycles. The molecule has 4 aliphatic rings. The van der Waals surface area contributed by atoms with E-state index >= 15 is 0 Å². The molecule has 4 fully saturated rings. The summed E-state index contributed by atoms with van der Waals surface area (Å²) in [5.41, 5.74) is 3.12. The molecule has 4 saturated carbocycles. The summed E-state index contributed by atoms with van der Waals surface area (Å²) in [5.74, 6) is 16.2. The van der Waals surface area contributed by atoms with Crippen LogP contribution >= 0.6 is 56.9 Å². The zero-order valence-electron chi connectivity index (χ0n) is 73.7. The largest absolute Gasteiger partial charge is 0.477 e. The molecular formula is C99H111ClF2N4O16S4. The van der Waals surface area contributed by atoms with Gasteiger partial charge in [-0.15, -0.1) is 45.3 Å². The van der Waals surface area contributed by atoms with Crippen molar-refractivity contribution in [3.05, 3.63) is 204 Å². The fourth-order valence-electron chi connectivity index (χ4n) is 14.7. The first-order valence-electron chi connectivity index (χ1n) is 42.1. The van der Waals surface area contributed by atoms with Gasteiger partial charge in [-0.1, -0.05) is 113 Å². The lowest BCUT2D eigenvalue weighted by atomic mass is 9.91. The highest BCUT2D eigenvalue weighted by atomic mass is 35.5. The molecule has 20 nitrogen and oxygen atoms in total. The molecule has 4 amide bonds. The van der Waals surface area contributed by atoms with Crippen LogP contribution in [0.25, 0.3) is 0 Å². The van der Waals surface area contributed by atoms with E-state index in [0.717, 1.165) is 56.5 Å². The van der Waals surface area contributed by atoms with Crippen LogP contribution in [-0.2, 0) is 0 Å². The van der Waals surface area contributed by atoms with Crippen molar-refractivity contribution in [1.82, 2.24) is 0 Å². The highest BCUT2D eigenvalue weighted by Crippen LogP contribution is 2.43. The molecule has 0 unspecified atom stereocenters. The van der Waals surface area contributed by atoms with Crippen molar-refractivity contribution in [3.63, 3.8) is 0 Å². The van der Waals surface area contributed by atoms with Gasteiger partial charge in [0, 0.05) is 57.0 Å². The number of rotatable bonds is 16. The summed E-state index contributed by atoms with van der Waals surface area (Å²) in [5, 5.41) is 79.5. The van der Waals surface area contributed by atoms with Gasteiger partial charge in [-0.3, -0.25) is 19.2 Å². The van der Waals surface area contributed by atoms with E-state index in [0.29, 0.717) is 161 Å². The van der Waals surface area contributed by atoms with Gasteiger partial charge in [-0.25, -0.2) is 28.0 Å². The van der Waals surface area contributed by atoms with Gasteiger partial charge in [0.25, 0.3) is 23.6 Å². The number of aliphatic hydroxyl groups excluding tert-OH is 4. The zero-order valence-corrected chi connectivity index (χ0v) is 77.7. The molecule has 668 valence electrons. The minimum Gasteiger partial charge on any atom is -0.477 e. The molecule has 8 aromatic rings. The average molecular weight is 1810 g/mol. The Bertz CT molecular complexity index is 5410. The van der Waals surface area contributed by atoms with Crippen molar-refractivity contribution in [2.75, 3.05) is 19.6 Å². The lowest BCUT2D eigenvalue weighted by Crippen LogP contribution is -2.44. The molecular weight excluding hydrogens is 1700 g/mol. The number of anilines is 4. The van der Waals surface area contributed by atoms with Crippen LogP contribution in [0.2, 0.25) is 5.02 Å². The lowest BCUT2D eigenvalue weighted by Gasteiger charge is -2.36. The Balaban J connectivity index is 0.000000190. The zero-order chi connectivity index (χ0) is 92.8. The number of carboxylic acid groups (broad SMARTS) is 4. The van der Waals surface area contributed by atoms with Gasteiger partial charge in [0.1, 0.15) is 19.5 Å². The summed E-state index contributed by atoms with van der Waals surface area (Å²) in [6.07, 6.45) is 7.10. The fraction of sp³-hybridized carbons (Fsp3) is 0.434. The van der Waals surface area contributed by atoms with Gasteiger partial charge in [0.15, 0.2) is 11.6 Å². The number of halogens is 3. The van der Waals surface area contributed by atoms with E-state index in [2.05, 4.69) is 47.4 Å². The number of nitrogens with zero attached hydrogens (tertiary/aromatic N) is 4. The maximum atomic E-state index is 14.7. The van der Waals surface area contributed by atoms with Crippen LogP contribution in [0.1, 0.15) is 302 Å². The van der Waals surface area contributed by atoms with E-state index in [9.17, 15) is 88.0 Å².